The summed E-state index contributed by atoms with van der Waals surface area (Å²) in [6.07, 6.45) is 1.31. The molecule has 16 heavy (non-hydrogen) atoms. The number of hydrogen-bond acceptors (Lipinski definition) is 3. The Kier molecular flexibility index (Phi) is 3.64. The summed E-state index contributed by atoms with van der Waals surface area (Å²) in [6.45, 7) is 4.92. The lowest BCUT2D eigenvalue weighted by Crippen LogP contribution is -2.14. The molecule has 0 aromatic heterocycles. The van der Waals surface area contributed by atoms with E-state index in [-0.39, 0.29) is 0 Å². The van der Waals surface area contributed by atoms with Gasteiger partial charge in [0.15, 0.2) is 0 Å². The zero-order valence-electron chi connectivity index (χ0n) is 9.92. The van der Waals surface area contributed by atoms with Crippen molar-refractivity contribution in [2.45, 2.75) is 20.3 Å². The van der Waals surface area contributed by atoms with E-state index >= 15 is 0 Å². The third-order valence-electron chi connectivity index (χ3n) is 3.24. The van der Waals surface area contributed by atoms with Gasteiger partial charge in [0.25, 0.3) is 0 Å². The number of anilines is 1. The topological polar surface area (TPSA) is 32.3 Å². The first-order valence-corrected chi connectivity index (χ1v) is 6.94. The molecule has 1 fully saturated rings. The fraction of sp³-hybridized carbons (Fsp3) is 0.538. The highest BCUT2D eigenvalue weighted by molar-refractivity contribution is 7.99. The number of nitrogens with one attached hydrogen (secondary N) is 1. The molecule has 0 amide bonds. The first kappa shape index (κ1) is 11.6. The number of hydrogen-bond donors (Lipinski definition) is 2. The summed E-state index contributed by atoms with van der Waals surface area (Å²) in [6, 6.07) is 4.03. The lowest BCUT2D eigenvalue weighted by molar-refractivity contribution is 0.467. The number of benzene rings is 1. The molecule has 1 aliphatic rings. The maximum absolute atomic E-state index is 9.83. The molecular formula is C13H19NOS. The van der Waals surface area contributed by atoms with Crippen LogP contribution in [0.3, 0.4) is 0 Å². The van der Waals surface area contributed by atoms with Gasteiger partial charge in [0.2, 0.25) is 0 Å². The van der Waals surface area contributed by atoms with Gasteiger partial charge >= 0.3 is 0 Å². The summed E-state index contributed by atoms with van der Waals surface area (Å²) in [7, 11) is 0. The SMILES string of the molecule is Cc1ccc(NCC2CCSC2)c(C)c1O. The summed E-state index contributed by atoms with van der Waals surface area (Å²) in [4.78, 5) is 0. The molecule has 1 aromatic rings. The largest absolute Gasteiger partial charge is 0.507 e. The van der Waals surface area contributed by atoms with Crippen molar-refractivity contribution in [1.29, 1.82) is 0 Å². The molecule has 1 atom stereocenters. The van der Waals surface area contributed by atoms with Crippen LogP contribution in [0.2, 0.25) is 0 Å². The van der Waals surface area contributed by atoms with Crippen molar-refractivity contribution in [3.05, 3.63) is 23.3 Å². The minimum absolute atomic E-state index is 0.422. The molecule has 1 saturated heterocycles. The zero-order chi connectivity index (χ0) is 11.5. The number of aromatic hydroxyl groups is 1. The Morgan fingerprint density at radius 3 is 2.94 bits per heavy atom. The van der Waals surface area contributed by atoms with Crippen LogP contribution >= 0.6 is 11.8 Å². The third-order valence-corrected chi connectivity index (χ3v) is 4.47. The first-order chi connectivity index (χ1) is 7.68. The van der Waals surface area contributed by atoms with Crippen LogP contribution in [0, 0.1) is 19.8 Å². The molecule has 88 valence electrons. The Balaban J connectivity index is 2.01. The molecule has 0 bridgehead atoms. The monoisotopic (exact) mass is 237 g/mol. The third kappa shape index (κ3) is 2.46. The predicted octanol–water partition coefficient (Wildman–Crippen LogP) is 3.17. The molecule has 1 unspecified atom stereocenters. The number of phenolic OH excluding ortho intramolecular Hbond substituents is 1. The van der Waals surface area contributed by atoms with Gasteiger partial charge in [-0.05, 0) is 49.3 Å². The van der Waals surface area contributed by atoms with Crippen LogP contribution in [0.4, 0.5) is 5.69 Å². The van der Waals surface area contributed by atoms with Gasteiger partial charge in [0.05, 0.1) is 0 Å². The normalized spacial score (nSPS) is 20.0. The average Bonchev–Trinajstić information content (AvgIpc) is 2.78. The van der Waals surface area contributed by atoms with Gasteiger partial charge in [-0.2, -0.15) is 11.8 Å². The van der Waals surface area contributed by atoms with Crippen molar-refractivity contribution in [3.8, 4) is 5.75 Å². The molecule has 2 nitrogen and oxygen atoms in total. The second kappa shape index (κ2) is 5.00. The van der Waals surface area contributed by atoms with Crippen molar-refractivity contribution < 1.29 is 5.11 Å². The Morgan fingerprint density at radius 1 is 1.44 bits per heavy atom. The molecule has 0 spiro atoms. The van der Waals surface area contributed by atoms with E-state index < -0.39 is 0 Å². The van der Waals surface area contributed by atoms with Crippen molar-refractivity contribution >= 4 is 17.4 Å². The zero-order valence-corrected chi connectivity index (χ0v) is 10.7. The molecule has 1 aromatic carbocycles. The van der Waals surface area contributed by atoms with Gasteiger partial charge in [-0.1, -0.05) is 6.07 Å². The van der Waals surface area contributed by atoms with E-state index in [1.165, 1.54) is 17.9 Å². The first-order valence-electron chi connectivity index (χ1n) is 5.79. The van der Waals surface area contributed by atoms with E-state index in [4.69, 9.17) is 0 Å². The van der Waals surface area contributed by atoms with E-state index in [0.717, 1.165) is 29.3 Å². The molecule has 0 radical (unpaired) electrons. The van der Waals surface area contributed by atoms with Gasteiger partial charge < -0.3 is 10.4 Å². The van der Waals surface area contributed by atoms with Gasteiger partial charge in [-0.3, -0.25) is 0 Å². The van der Waals surface area contributed by atoms with Crippen molar-refractivity contribution in [1.82, 2.24) is 0 Å². The lowest BCUT2D eigenvalue weighted by Gasteiger charge is -2.15. The lowest BCUT2D eigenvalue weighted by atomic mass is 10.1. The van der Waals surface area contributed by atoms with Crippen LogP contribution in [-0.4, -0.2) is 23.2 Å². The van der Waals surface area contributed by atoms with Crippen LogP contribution < -0.4 is 5.32 Å². The molecule has 1 heterocycles. The van der Waals surface area contributed by atoms with Crippen LogP contribution in [0.1, 0.15) is 17.5 Å². The number of aryl methyl sites for hydroxylation is 1. The maximum atomic E-state index is 9.83. The van der Waals surface area contributed by atoms with Gasteiger partial charge in [-0.25, -0.2) is 0 Å². The van der Waals surface area contributed by atoms with Crippen LogP contribution in [-0.2, 0) is 0 Å². The Morgan fingerprint density at radius 2 is 2.25 bits per heavy atom. The van der Waals surface area contributed by atoms with E-state index in [9.17, 15) is 5.11 Å². The van der Waals surface area contributed by atoms with Crippen LogP contribution in [0.15, 0.2) is 12.1 Å². The number of thioether (sulfide) groups is 1. The molecule has 2 rings (SSSR count). The minimum Gasteiger partial charge on any atom is -0.507 e. The minimum atomic E-state index is 0.422. The van der Waals surface area contributed by atoms with E-state index in [2.05, 4.69) is 11.4 Å². The summed E-state index contributed by atoms with van der Waals surface area (Å²) in [5, 5.41) is 13.3. The van der Waals surface area contributed by atoms with E-state index in [1.54, 1.807) is 0 Å². The molecule has 3 heteroatoms. The fourth-order valence-corrected chi connectivity index (χ4v) is 3.31. The fourth-order valence-electron chi connectivity index (χ4n) is 2.03. The van der Waals surface area contributed by atoms with E-state index in [1.807, 2.05) is 31.7 Å². The highest BCUT2D eigenvalue weighted by atomic mass is 32.2. The quantitative estimate of drug-likeness (QED) is 0.847. The molecule has 2 N–H and O–H groups in total. The van der Waals surface area contributed by atoms with Crippen molar-refractivity contribution in [2.75, 3.05) is 23.4 Å². The van der Waals surface area contributed by atoms with Gasteiger partial charge in [0.1, 0.15) is 5.75 Å². The highest BCUT2D eigenvalue weighted by Gasteiger charge is 2.15. The average molecular weight is 237 g/mol. The number of phenols is 1. The summed E-state index contributed by atoms with van der Waals surface area (Å²) in [5.74, 6) is 3.77. The highest BCUT2D eigenvalue weighted by Crippen LogP contribution is 2.29. The summed E-state index contributed by atoms with van der Waals surface area (Å²) >= 11 is 2.04. The molecule has 0 aliphatic carbocycles. The van der Waals surface area contributed by atoms with Crippen LogP contribution in [0.5, 0.6) is 5.75 Å². The van der Waals surface area contributed by atoms with E-state index in [0.29, 0.717) is 5.75 Å². The Bertz CT molecular complexity index is 372. The molecular weight excluding hydrogens is 218 g/mol. The maximum Gasteiger partial charge on any atom is 0.123 e. The smallest absolute Gasteiger partial charge is 0.123 e. The number of rotatable bonds is 3. The van der Waals surface area contributed by atoms with Crippen molar-refractivity contribution in [2.24, 2.45) is 5.92 Å². The standard InChI is InChI=1S/C13H19NOS/c1-9-3-4-12(10(2)13(9)15)14-7-11-5-6-16-8-11/h3-4,11,14-15H,5-8H2,1-2H3. The Hall–Kier alpha value is -0.830. The Labute approximate surface area is 101 Å². The predicted molar refractivity (Wildman–Crippen MR) is 71.5 cm³/mol. The van der Waals surface area contributed by atoms with Gasteiger partial charge in [-0.15, -0.1) is 0 Å². The summed E-state index contributed by atoms with van der Waals surface area (Å²) < 4.78 is 0. The van der Waals surface area contributed by atoms with Gasteiger partial charge in [0, 0.05) is 17.8 Å². The molecule has 0 saturated carbocycles. The second-order valence-electron chi connectivity index (χ2n) is 4.51. The van der Waals surface area contributed by atoms with Crippen LogP contribution in [0.25, 0.3) is 0 Å². The molecule has 1 aliphatic heterocycles. The summed E-state index contributed by atoms with van der Waals surface area (Å²) in [5.41, 5.74) is 2.98. The van der Waals surface area contributed by atoms with Crippen molar-refractivity contribution in [3.63, 3.8) is 0 Å². The second-order valence-corrected chi connectivity index (χ2v) is 5.66.